The number of hydrogen-bond acceptors (Lipinski definition) is 2. The molecule has 17 heavy (non-hydrogen) atoms. The number of hydrogen-bond donors (Lipinski definition) is 2. The van der Waals surface area contributed by atoms with Crippen molar-refractivity contribution in [2.45, 2.75) is 38.1 Å². The van der Waals surface area contributed by atoms with Crippen LogP contribution in [0, 0.1) is 5.92 Å². The van der Waals surface area contributed by atoms with Gasteiger partial charge < -0.3 is 10.8 Å². The average Bonchev–Trinajstić information content (AvgIpc) is 2.33. The van der Waals surface area contributed by atoms with E-state index in [4.69, 9.17) is 17.3 Å². The molecule has 1 fully saturated rings. The van der Waals surface area contributed by atoms with Gasteiger partial charge in [0.1, 0.15) is 5.75 Å². The van der Waals surface area contributed by atoms with Crippen molar-refractivity contribution in [3.8, 4) is 5.75 Å². The number of phenolic OH excluding ortho intramolecular Hbond substituents is 1. The molecule has 0 spiro atoms. The van der Waals surface area contributed by atoms with Crippen molar-refractivity contribution < 1.29 is 5.11 Å². The van der Waals surface area contributed by atoms with Crippen LogP contribution in [-0.4, -0.2) is 5.11 Å². The van der Waals surface area contributed by atoms with Gasteiger partial charge in [-0.2, -0.15) is 0 Å². The van der Waals surface area contributed by atoms with Gasteiger partial charge >= 0.3 is 0 Å². The molecule has 1 aromatic rings. The third kappa shape index (κ3) is 3.51. The molecule has 0 bridgehead atoms. The summed E-state index contributed by atoms with van der Waals surface area (Å²) in [5.74, 6) is 0.690. The van der Waals surface area contributed by atoms with Crippen LogP contribution in [0.2, 0.25) is 5.02 Å². The summed E-state index contributed by atoms with van der Waals surface area (Å²) in [4.78, 5) is 0. The molecule has 0 radical (unpaired) electrons. The first kappa shape index (κ1) is 14.6. The average molecular weight is 276 g/mol. The minimum atomic E-state index is 0. The van der Waals surface area contributed by atoms with Crippen LogP contribution in [0.4, 0.5) is 0 Å². The molecule has 1 aromatic carbocycles. The standard InChI is InChI=1S/C13H18ClNO.ClH/c14-11-8-10(6-7-12(11)16)13(15)9-4-2-1-3-5-9;/h6-9,13,16H,1-5,15H2;1H/t13-;/m1./s1. The monoisotopic (exact) mass is 275 g/mol. The Kier molecular flexibility index (Phi) is 5.57. The van der Waals surface area contributed by atoms with Crippen LogP contribution in [0.15, 0.2) is 18.2 Å². The smallest absolute Gasteiger partial charge is 0.134 e. The fourth-order valence-electron chi connectivity index (χ4n) is 2.50. The van der Waals surface area contributed by atoms with Gasteiger partial charge in [0.25, 0.3) is 0 Å². The summed E-state index contributed by atoms with van der Waals surface area (Å²) < 4.78 is 0. The van der Waals surface area contributed by atoms with Crippen molar-refractivity contribution in [1.29, 1.82) is 0 Å². The van der Waals surface area contributed by atoms with E-state index in [1.165, 1.54) is 32.1 Å². The topological polar surface area (TPSA) is 46.2 Å². The molecule has 1 saturated carbocycles. The summed E-state index contributed by atoms with van der Waals surface area (Å²) >= 11 is 5.89. The normalized spacial score (nSPS) is 18.5. The van der Waals surface area contributed by atoms with E-state index in [0.717, 1.165) is 5.56 Å². The maximum absolute atomic E-state index is 9.36. The number of benzene rings is 1. The van der Waals surface area contributed by atoms with E-state index in [0.29, 0.717) is 10.9 Å². The number of nitrogens with two attached hydrogens (primary N) is 1. The van der Waals surface area contributed by atoms with Gasteiger partial charge in [-0.25, -0.2) is 0 Å². The Morgan fingerprint density at radius 3 is 2.47 bits per heavy atom. The van der Waals surface area contributed by atoms with Crippen molar-refractivity contribution in [2.24, 2.45) is 11.7 Å². The molecule has 0 aromatic heterocycles. The first-order valence-electron chi connectivity index (χ1n) is 5.92. The van der Waals surface area contributed by atoms with Gasteiger partial charge in [-0.3, -0.25) is 0 Å². The van der Waals surface area contributed by atoms with Crippen LogP contribution >= 0.6 is 24.0 Å². The van der Waals surface area contributed by atoms with Gasteiger partial charge in [0.05, 0.1) is 5.02 Å². The lowest BCUT2D eigenvalue weighted by Gasteiger charge is -2.27. The molecule has 0 aliphatic heterocycles. The second-order valence-corrected chi connectivity index (χ2v) is 5.04. The van der Waals surface area contributed by atoms with Crippen molar-refractivity contribution in [3.63, 3.8) is 0 Å². The first-order chi connectivity index (χ1) is 7.68. The maximum Gasteiger partial charge on any atom is 0.134 e. The van der Waals surface area contributed by atoms with Crippen LogP contribution in [0.1, 0.15) is 43.7 Å². The van der Waals surface area contributed by atoms with Gasteiger partial charge in [0, 0.05) is 6.04 Å². The molecule has 2 rings (SSSR count). The highest BCUT2D eigenvalue weighted by molar-refractivity contribution is 6.32. The van der Waals surface area contributed by atoms with Crippen molar-refractivity contribution >= 4 is 24.0 Å². The molecule has 0 saturated heterocycles. The minimum Gasteiger partial charge on any atom is -0.506 e. The number of halogens is 2. The molecule has 0 amide bonds. The van der Waals surface area contributed by atoms with Crippen LogP contribution in [0.25, 0.3) is 0 Å². The van der Waals surface area contributed by atoms with Crippen LogP contribution in [0.3, 0.4) is 0 Å². The maximum atomic E-state index is 9.36. The highest BCUT2D eigenvalue weighted by atomic mass is 35.5. The molecule has 1 atom stereocenters. The molecule has 2 nitrogen and oxygen atoms in total. The molecule has 3 N–H and O–H groups in total. The van der Waals surface area contributed by atoms with Gasteiger partial charge in [-0.1, -0.05) is 36.9 Å². The van der Waals surface area contributed by atoms with Crippen LogP contribution < -0.4 is 5.73 Å². The third-order valence-corrected chi connectivity index (χ3v) is 3.82. The van der Waals surface area contributed by atoms with Crippen LogP contribution in [0.5, 0.6) is 5.75 Å². The molecule has 96 valence electrons. The number of phenols is 1. The summed E-state index contributed by atoms with van der Waals surface area (Å²) in [6.07, 6.45) is 6.31. The highest BCUT2D eigenvalue weighted by Gasteiger charge is 2.22. The minimum absolute atomic E-state index is 0. The predicted molar refractivity (Wildman–Crippen MR) is 73.9 cm³/mol. The van der Waals surface area contributed by atoms with E-state index in [2.05, 4.69) is 0 Å². The van der Waals surface area contributed by atoms with Gasteiger partial charge in [-0.05, 0) is 36.5 Å². The Morgan fingerprint density at radius 1 is 1.24 bits per heavy atom. The van der Waals surface area contributed by atoms with Crippen molar-refractivity contribution in [2.75, 3.05) is 0 Å². The predicted octanol–water partition coefficient (Wildman–Crippen LogP) is 4.05. The van der Waals surface area contributed by atoms with E-state index in [1.54, 1.807) is 12.1 Å². The summed E-state index contributed by atoms with van der Waals surface area (Å²) in [5, 5.41) is 9.76. The zero-order valence-electron chi connectivity index (χ0n) is 9.73. The lowest BCUT2D eigenvalue weighted by molar-refractivity contribution is 0.308. The zero-order chi connectivity index (χ0) is 11.5. The number of aromatic hydroxyl groups is 1. The van der Waals surface area contributed by atoms with Crippen molar-refractivity contribution in [1.82, 2.24) is 0 Å². The second-order valence-electron chi connectivity index (χ2n) is 4.63. The summed E-state index contributed by atoms with van der Waals surface area (Å²) in [5.41, 5.74) is 7.29. The molecule has 4 heteroatoms. The molecular weight excluding hydrogens is 257 g/mol. The summed E-state index contributed by atoms with van der Waals surface area (Å²) in [7, 11) is 0. The van der Waals surface area contributed by atoms with E-state index in [9.17, 15) is 5.11 Å². The Morgan fingerprint density at radius 2 is 1.88 bits per heavy atom. The lowest BCUT2D eigenvalue weighted by Crippen LogP contribution is -2.23. The van der Waals surface area contributed by atoms with Gasteiger partial charge in [0.15, 0.2) is 0 Å². The van der Waals surface area contributed by atoms with E-state index in [1.807, 2.05) is 6.07 Å². The molecular formula is C13H19Cl2NO. The fourth-order valence-corrected chi connectivity index (χ4v) is 2.68. The zero-order valence-corrected chi connectivity index (χ0v) is 11.3. The molecule has 1 aliphatic rings. The van der Waals surface area contributed by atoms with Gasteiger partial charge in [-0.15, -0.1) is 12.4 Å². The van der Waals surface area contributed by atoms with Crippen LogP contribution in [-0.2, 0) is 0 Å². The lowest BCUT2D eigenvalue weighted by atomic mass is 9.81. The van der Waals surface area contributed by atoms with Gasteiger partial charge in [0.2, 0.25) is 0 Å². The largest absolute Gasteiger partial charge is 0.506 e. The second kappa shape index (κ2) is 6.48. The first-order valence-corrected chi connectivity index (χ1v) is 6.30. The molecule has 0 heterocycles. The van der Waals surface area contributed by atoms with Crippen molar-refractivity contribution in [3.05, 3.63) is 28.8 Å². The van der Waals surface area contributed by atoms with E-state index in [-0.39, 0.29) is 24.2 Å². The molecule has 0 unspecified atom stereocenters. The quantitative estimate of drug-likeness (QED) is 0.856. The summed E-state index contributed by atoms with van der Waals surface area (Å²) in [6.45, 7) is 0. The third-order valence-electron chi connectivity index (χ3n) is 3.51. The highest BCUT2D eigenvalue weighted by Crippen LogP contribution is 2.35. The Bertz CT molecular complexity index is 364. The Labute approximate surface area is 114 Å². The SMILES string of the molecule is Cl.N[C@@H](c1ccc(O)c(Cl)c1)C1CCCCC1. The Balaban J connectivity index is 0.00000144. The van der Waals surface area contributed by atoms with E-state index < -0.39 is 0 Å². The van der Waals surface area contributed by atoms with E-state index >= 15 is 0 Å². The fraction of sp³-hybridized carbons (Fsp3) is 0.538. The molecule has 1 aliphatic carbocycles. The Hall–Kier alpha value is -0.440. The summed E-state index contributed by atoms with van der Waals surface area (Å²) in [6, 6.07) is 5.34. The number of rotatable bonds is 2.